The summed E-state index contributed by atoms with van der Waals surface area (Å²) in [6.07, 6.45) is 1.85. The number of amides is 1. The minimum absolute atomic E-state index is 0.0626. The molecular formula is C15H24N2O2S. The first-order valence-corrected chi connectivity index (χ1v) is 8.08. The van der Waals surface area contributed by atoms with Crippen molar-refractivity contribution in [3.05, 3.63) is 22.4 Å². The lowest BCUT2D eigenvalue weighted by Gasteiger charge is -2.25. The van der Waals surface area contributed by atoms with E-state index < -0.39 is 0 Å². The van der Waals surface area contributed by atoms with Gasteiger partial charge in [-0.2, -0.15) is 0 Å². The van der Waals surface area contributed by atoms with E-state index >= 15 is 0 Å². The van der Waals surface area contributed by atoms with Crippen molar-refractivity contribution in [2.24, 2.45) is 0 Å². The highest BCUT2D eigenvalue weighted by Gasteiger charge is 2.22. The van der Waals surface area contributed by atoms with E-state index in [9.17, 15) is 4.79 Å². The van der Waals surface area contributed by atoms with Crippen LogP contribution in [0, 0.1) is 0 Å². The Morgan fingerprint density at radius 2 is 2.20 bits per heavy atom. The Balaban J connectivity index is 1.68. The Kier molecular flexibility index (Phi) is 5.57. The van der Waals surface area contributed by atoms with Crippen molar-refractivity contribution in [1.29, 1.82) is 0 Å². The molecular weight excluding hydrogens is 272 g/mol. The molecule has 2 N–H and O–H groups in total. The second-order valence-corrected chi connectivity index (χ2v) is 6.87. The molecule has 20 heavy (non-hydrogen) atoms. The van der Waals surface area contributed by atoms with Crippen LogP contribution in [-0.4, -0.2) is 38.3 Å². The summed E-state index contributed by atoms with van der Waals surface area (Å²) in [6, 6.07) is 4.50. The van der Waals surface area contributed by atoms with Gasteiger partial charge in [0.1, 0.15) is 0 Å². The second-order valence-electron chi connectivity index (χ2n) is 5.92. The van der Waals surface area contributed by atoms with Gasteiger partial charge in [-0.05, 0) is 24.3 Å². The largest absolute Gasteiger partial charge is 0.381 e. The number of nitrogens with one attached hydrogen (secondary N) is 2. The van der Waals surface area contributed by atoms with Crippen LogP contribution in [-0.2, 0) is 14.9 Å². The van der Waals surface area contributed by atoms with Gasteiger partial charge in [0.15, 0.2) is 0 Å². The van der Waals surface area contributed by atoms with Gasteiger partial charge >= 0.3 is 0 Å². The van der Waals surface area contributed by atoms with Crippen molar-refractivity contribution in [1.82, 2.24) is 10.6 Å². The first-order valence-electron chi connectivity index (χ1n) is 7.20. The van der Waals surface area contributed by atoms with Crippen molar-refractivity contribution < 1.29 is 9.53 Å². The molecule has 0 unspecified atom stereocenters. The summed E-state index contributed by atoms with van der Waals surface area (Å²) < 4.78 is 5.28. The van der Waals surface area contributed by atoms with Crippen LogP contribution < -0.4 is 10.6 Å². The summed E-state index contributed by atoms with van der Waals surface area (Å²) in [4.78, 5) is 13.2. The van der Waals surface area contributed by atoms with Gasteiger partial charge in [-0.15, -0.1) is 11.3 Å². The molecule has 0 saturated carbocycles. The molecule has 112 valence electrons. The molecule has 5 heteroatoms. The van der Waals surface area contributed by atoms with Crippen molar-refractivity contribution in [3.63, 3.8) is 0 Å². The molecule has 4 nitrogen and oxygen atoms in total. The van der Waals surface area contributed by atoms with Crippen LogP contribution in [0.4, 0.5) is 0 Å². The molecule has 0 radical (unpaired) electrons. The summed E-state index contributed by atoms with van der Waals surface area (Å²) in [7, 11) is 0. The molecule has 0 atom stereocenters. The fourth-order valence-electron chi connectivity index (χ4n) is 2.36. The standard InChI is InChI=1S/C15H24N2O2S/c1-15(2,13-4-3-9-20-13)11-16-10-14(18)17-12-5-7-19-8-6-12/h3-4,9,12,16H,5-8,10-11H2,1-2H3,(H,17,18). The highest BCUT2D eigenvalue weighted by Crippen LogP contribution is 2.26. The molecule has 1 amide bonds. The summed E-state index contributed by atoms with van der Waals surface area (Å²) in [5.41, 5.74) is 0.0626. The maximum absolute atomic E-state index is 11.9. The Morgan fingerprint density at radius 1 is 1.45 bits per heavy atom. The number of hydrogen-bond acceptors (Lipinski definition) is 4. The monoisotopic (exact) mass is 296 g/mol. The fraction of sp³-hybridized carbons (Fsp3) is 0.667. The Bertz CT molecular complexity index is 412. The molecule has 2 heterocycles. The zero-order valence-corrected chi connectivity index (χ0v) is 13.1. The lowest BCUT2D eigenvalue weighted by molar-refractivity contribution is -0.121. The van der Waals surface area contributed by atoms with Crippen LogP contribution in [0.15, 0.2) is 17.5 Å². The SMILES string of the molecule is CC(C)(CNCC(=O)NC1CCOCC1)c1cccs1. The topological polar surface area (TPSA) is 50.4 Å². The molecule has 2 rings (SSSR count). The summed E-state index contributed by atoms with van der Waals surface area (Å²) >= 11 is 1.76. The third-order valence-corrected chi connectivity index (χ3v) is 4.86. The number of ether oxygens (including phenoxy) is 1. The van der Waals surface area contributed by atoms with Crippen molar-refractivity contribution >= 4 is 17.2 Å². The van der Waals surface area contributed by atoms with E-state index in [1.807, 2.05) is 0 Å². The van der Waals surface area contributed by atoms with Gasteiger partial charge in [0.25, 0.3) is 0 Å². The van der Waals surface area contributed by atoms with Gasteiger partial charge in [0.05, 0.1) is 6.54 Å². The second kappa shape index (κ2) is 7.20. The van der Waals surface area contributed by atoms with Crippen molar-refractivity contribution in [2.75, 3.05) is 26.3 Å². The third kappa shape index (κ3) is 4.58. The molecule has 0 spiro atoms. The molecule has 1 aromatic rings. The van der Waals surface area contributed by atoms with E-state index in [2.05, 4.69) is 42.0 Å². The number of thiophene rings is 1. The first kappa shape index (κ1) is 15.5. The zero-order chi connectivity index (χ0) is 14.4. The number of rotatable bonds is 6. The van der Waals surface area contributed by atoms with Gasteiger partial charge in [0.2, 0.25) is 5.91 Å². The van der Waals surface area contributed by atoms with E-state index in [1.54, 1.807) is 11.3 Å². The normalized spacial score (nSPS) is 17.1. The smallest absolute Gasteiger partial charge is 0.234 e. The molecule has 0 aliphatic carbocycles. The molecule has 1 fully saturated rings. The Morgan fingerprint density at radius 3 is 2.85 bits per heavy atom. The summed E-state index contributed by atoms with van der Waals surface area (Å²) in [6.45, 7) is 7.08. The zero-order valence-electron chi connectivity index (χ0n) is 12.3. The molecule has 1 aliphatic heterocycles. The fourth-order valence-corrected chi connectivity index (χ4v) is 3.21. The van der Waals surface area contributed by atoms with E-state index in [0.29, 0.717) is 6.54 Å². The van der Waals surface area contributed by atoms with E-state index in [0.717, 1.165) is 32.6 Å². The van der Waals surface area contributed by atoms with Gasteiger partial charge in [-0.1, -0.05) is 19.9 Å². The maximum Gasteiger partial charge on any atom is 0.234 e. The van der Waals surface area contributed by atoms with Gasteiger partial charge in [0, 0.05) is 36.1 Å². The summed E-state index contributed by atoms with van der Waals surface area (Å²) in [5, 5.41) is 8.42. The van der Waals surface area contributed by atoms with Crippen LogP contribution in [0.2, 0.25) is 0 Å². The van der Waals surface area contributed by atoms with Crippen molar-refractivity contribution in [3.8, 4) is 0 Å². The van der Waals surface area contributed by atoms with Gasteiger partial charge < -0.3 is 15.4 Å². The van der Waals surface area contributed by atoms with Crippen LogP contribution in [0.1, 0.15) is 31.6 Å². The van der Waals surface area contributed by atoms with E-state index in [4.69, 9.17) is 4.74 Å². The van der Waals surface area contributed by atoms with Gasteiger partial charge in [-0.3, -0.25) is 4.79 Å². The summed E-state index contributed by atoms with van der Waals surface area (Å²) in [5.74, 6) is 0.0823. The van der Waals surface area contributed by atoms with E-state index in [-0.39, 0.29) is 17.4 Å². The lowest BCUT2D eigenvalue weighted by atomic mass is 9.91. The minimum Gasteiger partial charge on any atom is -0.381 e. The quantitative estimate of drug-likeness (QED) is 0.843. The third-order valence-electron chi connectivity index (χ3n) is 3.63. The first-order chi connectivity index (χ1) is 9.58. The van der Waals surface area contributed by atoms with E-state index in [1.165, 1.54) is 4.88 Å². The predicted molar refractivity (Wildman–Crippen MR) is 82.2 cm³/mol. The minimum atomic E-state index is 0.0626. The molecule has 0 bridgehead atoms. The molecule has 1 aromatic heterocycles. The van der Waals surface area contributed by atoms with Crippen LogP contribution >= 0.6 is 11.3 Å². The Labute approximate surface area is 124 Å². The van der Waals surface area contributed by atoms with Crippen LogP contribution in [0.25, 0.3) is 0 Å². The average molecular weight is 296 g/mol. The van der Waals surface area contributed by atoms with Crippen LogP contribution in [0.5, 0.6) is 0 Å². The number of carbonyl (C=O) groups excluding carboxylic acids is 1. The van der Waals surface area contributed by atoms with Crippen molar-refractivity contribution in [2.45, 2.75) is 38.1 Å². The van der Waals surface area contributed by atoms with Crippen LogP contribution in [0.3, 0.4) is 0 Å². The molecule has 1 aliphatic rings. The highest BCUT2D eigenvalue weighted by atomic mass is 32.1. The predicted octanol–water partition coefficient (Wildman–Crippen LogP) is 1.91. The average Bonchev–Trinajstić information content (AvgIpc) is 2.94. The molecule has 1 saturated heterocycles. The molecule has 0 aromatic carbocycles. The maximum atomic E-state index is 11.9. The lowest BCUT2D eigenvalue weighted by Crippen LogP contribution is -2.44. The number of carbonyl (C=O) groups is 1. The Hall–Kier alpha value is -0.910. The van der Waals surface area contributed by atoms with Gasteiger partial charge in [-0.25, -0.2) is 0 Å². The highest BCUT2D eigenvalue weighted by molar-refractivity contribution is 7.10. The number of hydrogen-bond donors (Lipinski definition) is 2.